The van der Waals surface area contributed by atoms with Crippen LogP contribution >= 0.6 is 22.9 Å². The fraction of sp³-hybridized carbons (Fsp3) is 0.136. The van der Waals surface area contributed by atoms with Crippen molar-refractivity contribution in [2.24, 2.45) is 4.99 Å². The van der Waals surface area contributed by atoms with E-state index in [4.69, 9.17) is 16.3 Å². The Bertz CT molecular complexity index is 1310. The monoisotopic (exact) mass is 424 g/mol. The lowest BCUT2D eigenvalue weighted by Gasteiger charge is -2.24. The molecule has 4 rings (SSSR count). The number of carbonyl (C=O) groups excluding carboxylic acids is 1. The zero-order valence-corrected chi connectivity index (χ0v) is 17.3. The smallest absolute Gasteiger partial charge is 0.338 e. The summed E-state index contributed by atoms with van der Waals surface area (Å²) in [6.45, 7) is 1.76. The zero-order chi connectivity index (χ0) is 20.5. The first-order valence-corrected chi connectivity index (χ1v) is 10.1. The minimum atomic E-state index is -0.596. The Morgan fingerprint density at radius 2 is 1.97 bits per heavy atom. The van der Waals surface area contributed by atoms with Gasteiger partial charge in [-0.3, -0.25) is 9.36 Å². The highest BCUT2D eigenvalue weighted by Gasteiger charge is 2.32. The fourth-order valence-corrected chi connectivity index (χ4v) is 4.64. The number of hydrogen-bond acceptors (Lipinski definition) is 5. The van der Waals surface area contributed by atoms with E-state index in [1.54, 1.807) is 29.7 Å². The Morgan fingerprint density at radius 1 is 1.21 bits per heavy atom. The molecule has 2 heterocycles. The van der Waals surface area contributed by atoms with Crippen molar-refractivity contribution in [3.05, 3.63) is 102 Å². The van der Waals surface area contributed by atoms with Gasteiger partial charge in [-0.25, -0.2) is 9.79 Å². The molecule has 0 unspecified atom stereocenters. The number of aromatic nitrogens is 1. The lowest BCUT2D eigenvalue weighted by molar-refractivity contribution is -0.136. The van der Waals surface area contributed by atoms with Crippen molar-refractivity contribution in [2.45, 2.75) is 13.0 Å². The second-order valence-electron chi connectivity index (χ2n) is 6.54. The summed E-state index contributed by atoms with van der Waals surface area (Å²) in [5.41, 5.74) is 2.33. The Hall–Kier alpha value is -2.96. The number of fused-ring (bicyclic) bond motifs is 1. The molecule has 0 amide bonds. The predicted octanol–water partition coefficient (Wildman–Crippen LogP) is 3.06. The number of nitrogens with zero attached hydrogens (tertiary/aromatic N) is 2. The number of allylic oxidation sites excluding steroid dienone is 1. The minimum Gasteiger partial charge on any atom is -0.466 e. The molecule has 1 atom stereocenters. The van der Waals surface area contributed by atoms with Crippen LogP contribution in [0.5, 0.6) is 0 Å². The SMILES string of the molecule is COC(=O)C1=C(C)N=c2sc(=Cc3cccc(Cl)c3)c(=O)n2[C@@H]1c1ccccc1. The molecule has 0 radical (unpaired) electrons. The largest absolute Gasteiger partial charge is 0.466 e. The molecule has 2 aromatic carbocycles. The van der Waals surface area contributed by atoms with E-state index in [2.05, 4.69) is 4.99 Å². The molecule has 0 saturated heterocycles. The third-order valence-electron chi connectivity index (χ3n) is 4.69. The molecule has 1 aliphatic heterocycles. The van der Waals surface area contributed by atoms with Gasteiger partial charge in [0, 0.05) is 5.02 Å². The van der Waals surface area contributed by atoms with Crippen molar-refractivity contribution in [1.82, 2.24) is 4.57 Å². The van der Waals surface area contributed by atoms with Crippen LogP contribution in [0.3, 0.4) is 0 Å². The number of rotatable bonds is 3. The van der Waals surface area contributed by atoms with E-state index in [1.165, 1.54) is 18.4 Å². The summed E-state index contributed by atoms with van der Waals surface area (Å²) in [6, 6.07) is 16.1. The first-order valence-electron chi connectivity index (χ1n) is 8.91. The maximum atomic E-state index is 13.3. The molecule has 0 fully saturated rings. The number of esters is 1. The van der Waals surface area contributed by atoms with Gasteiger partial charge in [0.1, 0.15) is 0 Å². The summed E-state index contributed by atoms with van der Waals surface area (Å²) < 4.78 is 7.08. The van der Waals surface area contributed by atoms with Crippen LogP contribution in [0.1, 0.15) is 24.1 Å². The van der Waals surface area contributed by atoms with Gasteiger partial charge < -0.3 is 4.74 Å². The minimum absolute atomic E-state index is 0.212. The summed E-state index contributed by atoms with van der Waals surface area (Å²) in [5.74, 6) is -0.496. The molecule has 29 heavy (non-hydrogen) atoms. The molecule has 0 aliphatic carbocycles. The molecular formula is C22H17ClN2O3S. The Morgan fingerprint density at radius 3 is 2.66 bits per heavy atom. The molecule has 5 nitrogen and oxygen atoms in total. The second kappa shape index (κ2) is 7.81. The maximum absolute atomic E-state index is 13.3. The summed E-state index contributed by atoms with van der Waals surface area (Å²) in [7, 11) is 1.33. The van der Waals surface area contributed by atoms with Crippen LogP contribution in [0, 0.1) is 0 Å². The molecule has 7 heteroatoms. The van der Waals surface area contributed by atoms with Crippen LogP contribution in [-0.2, 0) is 9.53 Å². The van der Waals surface area contributed by atoms with Crippen LogP contribution in [0.2, 0.25) is 5.02 Å². The molecule has 0 N–H and O–H groups in total. The standard InChI is InChI=1S/C22H17ClN2O3S/c1-13-18(21(27)28-2)19(15-8-4-3-5-9-15)25-20(26)17(29-22(25)24-13)12-14-7-6-10-16(23)11-14/h3-12,19H,1-2H3/t19-/m1/s1. The summed E-state index contributed by atoms with van der Waals surface area (Å²) in [4.78, 5) is 30.9. The molecule has 0 spiro atoms. The van der Waals surface area contributed by atoms with Gasteiger partial charge in [0.2, 0.25) is 0 Å². The van der Waals surface area contributed by atoms with E-state index < -0.39 is 12.0 Å². The van der Waals surface area contributed by atoms with Gasteiger partial charge in [-0.2, -0.15) is 0 Å². The highest BCUT2D eigenvalue weighted by molar-refractivity contribution is 7.07. The van der Waals surface area contributed by atoms with Crippen molar-refractivity contribution in [3.63, 3.8) is 0 Å². The molecule has 0 saturated carbocycles. The highest BCUT2D eigenvalue weighted by Crippen LogP contribution is 2.30. The zero-order valence-electron chi connectivity index (χ0n) is 15.8. The van der Waals surface area contributed by atoms with Crippen LogP contribution in [0.4, 0.5) is 0 Å². The van der Waals surface area contributed by atoms with Gasteiger partial charge in [-0.15, -0.1) is 0 Å². The van der Waals surface area contributed by atoms with Gasteiger partial charge in [0.25, 0.3) is 5.56 Å². The fourth-order valence-electron chi connectivity index (χ4n) is 3.39. The molecule has 1 aliphatic rings. The van der Waals surface area contributed by atoms with Crippen LogP contribution < -0.4 is 14.9 Å². The number of thiazole rings is 1. The van der Waals surface area contributed by atoms with E-state index in [0.29, 0.717) is 25.6 Å². The number of ether oxygens (including phenoxy) is 1. The molecule has 1 aromatic heterocycles. The molecule has 3 aromatic rings. The number of hydrogen-bond donors (Lipinski definition) is 0. The predicted molar refractivity (Wildman–Crippen MR) is 114 cm³/mol. The van der Waals surface area contributed by atoms with Crippen molar-refractivity contribution in [1.29, 1.82) is 0 Å². The second-order valence-corrected chi connectivity index (χ2v) is 7.98. The van der Waals surface area contributed by atoms with Gasteiger partial charge >= 0.3 is 5.97 Å². The lowest BCUT2D eigenvalue weighted by atomic mass is 9.96. The Kier molecular flexibility index (Phi) is 5.22. The molecule has 146 valence electrons. The van der Waals surface area contributed by atoms with Gasteiger partial charge in [-0.1, -0.05) is 65.4 Å². The average molecular weight is 425 g/mol. The Balaban J connectivity index is 1.98. The van der Waals surface area contributed by atoms with Gasteiger partial charge in [-0.05, 0) is 36.3 Å². The maximum Gasteiger partial charge on any atom is 0.338 e. The third-order valence-corrected chi connectivity index (χ3v) is 5.91. The van der Waals surface area contributed by atoms with E-state index in [9.17, 15) is 9.59 Å². The number of halogens is 1. The van der Waals surface area contributed by atoms with E-state index in [0.717, 1.165) is 11.1 Å². The summed E-state index contributed by atoms with van der Waals surface area (Å²) in [5, 5.41) is 0.595. The average Bonchev–Trinajstić information content (AvgIpc) is 3.02. The molecular weight excluding hydrogens is 408 g/mol. The number of carbonyl (C=O) groups is 1. The van der Waals surface area contributed by atoms with Gasteiger partial charge in [0.15, 0.2) is 4.80 Å². The molecule has 0 bridgehead atoms. The van der Waals surface area contributed by atoms with Crippen LogP contribution in [0.15, 0.2) is 75.7 Å². The van der Waals surface area contributed by atoms with E-state index in [-0.39, 0.29) is 5.56 Å². The normalized spacial score (nSPS) is 16.4. The van der Waals surface area contributed by atoms with Crippen molar-refractivity contribution < 1.29 is 9.53 Å². The van der Waals surface area contributed by atoms with E-state index in [1.807, 2.05) is 42.5 Å². The Labute approximate surface area is 175 Å². The van der Waals surface area contributed by atoms with Crippen LogP contribution in [0.25, 0.3) is 6.08 Å². The first kappa shape index (κ1) is 19.4. The van der Waals surface area contributed by atoms with Crippen molar-refractivity contribution in [3.8, 4) is 0 Å². The third kappa shape index (κ3) is 3.57. The highest BCUT2D eigenvalue weighted by atomic mass is 35.5. The number of benzene rings is 2. The van der Waals surface area contributed by atoms with E-state index >= 15 is 0 Å². The van der Waals surface area contributed by atoms with Crippen molar-refractivity contribution >= 4 is 35.0 Å². The summed E-state index contributed by atoms with van der Waals surface area (Å²) in [6.07, 6.45) is 1.79. The topological polar surface area (TPSA) is 60.7 Å². The lowest BCUT2D eigenvalue weighted by Crippen LogP contribution is -2.39. The van der Waals surface area contributed by atoms with Crippen LogP contribution in [-0.4, -0.2) is 17.6 Å². The summed E-state index contributed by atoms with van der Waals surface area (Å²) >= 11 is 7.35. The van der Waals surface area contributed by atoms with Crippen molar-refractivity contribution in [2.75, 3.05) is 7.11 Å². The van der Waals surface area contributed by atoms with Gasteiger partial charge in [0.05, 0.1) is 29.0 Å². The quantitative estimate of drug-likeness (QED) is 0.607. The first-order chi connectivity index (χ1) is 14.0. The number of methoxy groups -OCH3 is 1.